The maximum atomic E-state index is 12.3. The van der Waals surface area contributed by atoms with Crippen LogP contribution in [0.1, 0.15) is 0 Å². The van der Waals surface area contributed by atoms with Crippen LogP contribution in [0.25, 0.3) is 0 Å². The molecule has 0 radical (unpaired) electrons. The highest BCUT2D eigenvalue weighted by atomic mass is 35.5. The Morgan fingerprint density at radius 1 is 1.12 bits per heavy atom. The second kappa shape index (κ2) is 8.30. The summed E-state index contributed by atoms with van der Waals surface area (Å²) < 4.78 is 42.3. The van der Waals surface area contributed by atoms with Crippen molar-refractivity contribution in [1.29, 1.82) is 0 Å². The summed E-state index contributed by atoms with van der Waals surface area (Å²) in [6.45, 7) is -0.304. The molecule has 0 bridgehead atoms. The van der Waals surface area contributed by atoms with Gasteiger partial charge in [-0.3, -0.25) is 4.79 Å². The molecule has 3 nitrogen and oxygen atoms in total. The van der Waals surface area contributed by atoms with E-state index in [9.17, 15) is 18.0 Å². The fraction of sp³-hybridized carbons (Fsp3) is 0.188. The van der Waals surface area contributed by atoms with Crippen molar-refractivity contribution < 1.29 is 22.7 Å². The van der Waals surface area contributed by atoms with Gasteiger partial charge in [0.25, 0.3) is 5.91 Å². The Hall–Kier alpha value is -1.86. The molecule has 2 aromatic rings. The van der Waals surface area contributed by atoms with Crippen molar-refractivity contribution in [2.45, 2.75) is 11.1 Å². The number of carbonyl (C=O) groups is 1. The lowest BCUT2D eigenvalue weighted by Crippen LogP contribution is -2.20. The monoisotopic (exact) mass is 375 g/mol. The Kier molecular flexibility index (Phi) is 6.39. The SMILES string of the molecule is O=C(COc1ccccc1Cl)Nc1ccccc1SCC(F)(F)F. The van der Waals surface area contributed by atoms with E-state index in [1.54, 1.807) is 36.4 Å². The van der Waals surface area contributed by atoms with Crippen LogP contribution >= 0.6 is 23.4 Å². The predicted octanol–water partition coefficient (Wildman–Crippen LogP) is 5.01. The minimum Gasteiger partial charge on any atom is -0.482 e. The number of alkyl halides is 3. The zero-order chi connectivity index (χ0) is 17.6. The third kappa shape index (κ3) is 5.98. The molecule has 0 fully saturated rings. The van der Waals surface area contributed by atoms with Gasteiger partial charge in [-0.1, -0.05) is 35.9 Å². The third-order valence-corrected chi connectivity index (χ3v) is 4.20. The topological polar surface area (TPSA) is 38.3 Å². The zero-order valence-electron chi connectivity index (χ0n) is 12.3. The van der Waals surface area contributed by atoms with Gasteiger partial charge in [0, 0.05) is 4.90 Å². The van der Waals surface area contributed by atoms with Crippen molar-refractivity contribution in [2.24, 2.45) is 0 Å². The van der Waals surface area contributed by atoms with E-state index < -0.39 is 17.8 Å². The van der Waals surface area contributed by atoms with E-state index in [1.165, 1.54) is 12.1 Å². The van der Waals surface area contributed by atoms with Crippen LogP contribution in [0, 0.1) is 0 Å². The molecule has 1 amide bonds. The van der Waals surface area contributed by atoms with Crippen molar-refractivity contribution in [3.05, 3.63) is 53.6 Å². The van der Waals surface area contributed by atoms with E-state index in [0.717, 1.165) is 0 Å². The number of benzene rings is 2. The molecule has 0 aliphatic heterocycles. The number of ether oxygens (including phenoxy) is 1. The van der Waals surface area contributed by atoms with E-state index in [1.807, 2.05) is 0 Å². The van der Waals surface area contributed by atoms with E-state index >= 15 is 0 Å². The molecule has 1 N–H and O–H groups in total. The molecule has 2 aromatic carbocycles. The first-order valence-corrected chi connectivity index (χ1v) is 8.17. The summed E-state index contributed by atoms with van der Waals surface area (Å²) in [6.07, 6.45) is -4.28. The van der Waals surface area contributed by atoms with E-state index in [0.29, 0.717) is 33.1 Å². The molecule has 0 spiro atoms. The number of para-hydroxylation sites is 2. The Labute approximate surface area is 146 Å². The Balaban J connectivity index is 1.95. The van der Waals surface area contributed by atoms with Crippen LogP contribution < -0.4 is 10.1 Å². The van der Waals surface area contributed by atoms with Gasteiger partial charge in [0.2, 0.25) is 0 Å². The molecular weight excluding hydrogens is 363 g/mol. The second-order valence-corrected chi connectivity index (χ2v) is 6.09. The van der Waals surface area contributed by atoms with Crippen LogP contribution in [-0.2, 0) is 4.79 Å². The van der Waals surface area contributed by atoms with Gasteiger partial charge >= 0.3 is 6.18 Å². The summed E-state index contributed by atoms with van der Waals surface area (Å²) in [7, 11) is 0. The maximum Gasteiger partial charge on any atom is 0.398 e. The van der Waals surface area contributed by atoms with Crippen molar-refractivity contribution in [2.75, 3.05) is 17.7 Å². The Morgan fingerprint density at radius 3 is 2.50 bits per heavy atom. The lowest BCUT2D eigenvalue weighted by Gasteiger charge is -2.12. The third-order valence-electron chi connectivity index (χ3n) is 2.75. The number of thioether (sulfide) groups is 1. The van der Waals surface area contributed by atoms with Gasteiger partial charge < -0.3 is 10.1 Å². The molecule has 0 heterocycles. The quantitative estimate of drug-likeness (QED) is 0.721. The van der Waals surface area contributed by atoms with Crippen molar-refractivity contribution >= 4 is 35.0 Å². The largest absolute Gasteiger partial charge is 0.482 e. The molecule has 0 aliphatic carbocycles. The summed E-state index contributed by atoms with van der Waals surface area (Å²) in [5, 5.41) is 2.91. The number of hydrogen-bond donors (Lipinski definition) is 1. The highest BCUT2D eigenvalue weighted by Crippen LogP contribution is 2.32. The minimum absolute atomic E-state index is 0.304. The van der Waals surface area contributed by atoms with Crippen molar-refractivity contribution in [3.63, 3.8) is 0 Å². The first-order valence-electron chi connectivity index (χ1n) is 6.81. The molecule has 128 valence electrons. The number of halogens is 4. The van der Waals surface area contributed by atoms with Gasteiger partial charge in [-0.05, 0) is 24.3 Å². The molecular formula is C16H13ClF3NO2S. The number of rotatable bonds is 6. The molecule has 0 aromatic heterocycles. The molecule has 0 aliphatic rings. The van der Waals surface area contributed by atoms with Gasteiger partial charge in [0.1, 0.15) is 5.75 Å². The number of amides is 1. The van der Waals surface area contributed by atoms with Gasteiger partial charge in [-0.2, -0.15) is 13.2 Å². The van der Waals surface area contributed by atoms with Crippen LogP contribution in [0.15, 0.2) is 53.4 Å². The zero-order valence-corrected chi connectivity index (χ0v) is 13.8. The average molecular weight is 376 g/mol. The Bertz CT molecular complexity index is 710. The average Bonchev–Trinajstić information content (AvgIpc) is 2.52. The second-order valence-electron chi connectivity index (χ2n) is 4.67. The molecule has 0 saturated heterocycles. The van der Waals surface area contributed by atoms with Crippen LogP contribution in [0.3, 0.4) is 0 Å². The van der Waals surface area contributed by atoms with Gasteiger partial charge in [0.05, 0.1) is 16.5 Å². The first-order chi connectivity index (χ1) is 11.3. The molecule has 8 heteroatoms. The van der Waals surface area contributed by atoms with Crippen molar-refractivity contribution in [1.82, 2.24) is 0 Å². The summed E-state index contributed by atoms with van der Waals surface area (Å²) in [5.41, 5.74) is 0.305. The predicted molar refractivity (Wildman–Crippen MR) is 88.8 cm³/mol. The summed E-state index contributed by atoms with van der Waals surface area (Å²) >= 11 is 6.52. The van der Waals surface area contributed by atoms with Gasteiger partial charge in [0.15, 0.2) is 6.61 Å². The minimum atomic E-state index is -4.28. The van der Waals surface area contributed by atoms with E-state index in [4.69, 9.17) is 16.3 Å². The lowest BCUT2D eigenvalue weighted by molar-refractivity contribution is -0.118. The lowest BCUT2D eigenvalue weighted by atomic mass is 10.3. The summed E-state index contributed by atoms with van der Waals surface area (Å²) in [5.74, 6) is -1.17. The van der Waals surface area contributed by atoms with Crippen LogP contribution in [-0.4, -0.2) is 24.4 Å². The van der Waals surface area contributed by atoms with E-state index in [-0.39, 0.29) is 6.61 Å². The highest BCUT2D eigenvalue weighted by Gasteiger charge is 2.27. The van der Waals surface area contributed by atoms with Gasteiger partial charge in [-0.15, -0.1) is 11.8 Å². The number of anilines is 1. The van der Waals surface area contributed by atoms with Crippen LogP contribution in [0.4, 0.5) is 18.9 Å². The maximum absolute atomic E-state index is 12.3. The van der Waals surface area contributed by atoms with Crippen LogP contribution in [0.2, 0.25) is 5.02 Å². The summed E-state index contributed by atoms with van der Waals surface area (Å²) in [4.78, 5) is 12.3. The first kappa shape index (κ1) is 18.5. The van der Waals surface area contributed by atoms with Gasteiger partial charge in [-0.25, -0.2) is 0 Å². The number of carbonyl (C=O) groups excluding carboxylic acids is 1. The van der Waals surface area contributed by atoms with Crippen LogP contribution in [0.5, 0.6) is 5.75 Å². The molecule has 2 rings (SSSR count). The number of nitrogens with one attached hydrogen (secondary N) is 1. The molecule has 24 heavy (non-hydrogen) atoms. The molecule has 0 saturated carbocycles. The van der Waals surface area contributed by atoms with E-state index in [2.05, 4.69) is 5.32 Å². The fourth-order valence-electron chi connectivity index (χ4n) is 1.75. The normalized spacial score (nSPS) is 11.2. The summed E-state index contributed by atoms with van der Waals surface area (Å²) in [6, 6.07) is 13.0. The highest BCUT2D eigenvalue weighted by molar-refractivity contribution is 7.99. The number of hydrogen-bond acceptors (Lipinski definition) is 3. The molecule has 0 atom stereocenters. The Morgan fingerprint density at radius 2 is 1.79 bits per heavy atom. The smallest absolute Gasteiger partial charge is 0.398 e. The fourth-order valence-corrected chi connectivity index (χ4v) is 2.71. The standard InChI is InChI=1S/C16H13ClF3NO2S/c17-11-5-1-3-7-13(11)23-9-15(22)21-12-6-2-4-8-14(12)24-10-16(18,19)20/h1-8H,9-10H2,(H,21,22). The van der Waals surface area contributed by atoms with Crippen molar-refractivity contribution in [3.8, 4) is 5.75 Å². The molecule has 0 unspecified atom stereocenters.